The molecule has 8 heteroatoms. The Labute approximate surface area is 191 Å². The minimum atomic E-state index is -0.210. The number of hydrogen-bond donors (Lipinski definition) is 0. The van der Waals surface area contributed by atoms with Gasteiger partial charge in [-0.05, 0) is 63.2 Å². The Balaban J connectivity index is 1.55. The van der Waals surface area contributed by atoms with Crippen LogP contribution in [-0.4, -0.2) is 33.4 Å². The van der Waals surface area contributed by atoms with Crippen molar-refractivity contribution in [2.24, 2.45) is 0 Å². The van der Waals surface area contributed by atoms with E-state index in [0.29, 0.717) is 48.2 Å². The van der Waals surface area contributed by atoms with Crippen LogP contribution in [0.15, 0.2) is 53.2 Å². The van der Waals surface area contributed by atoms with Gasteiger partial charge in [-0.3, -0.25) is 4.79 Å². The molecule has 0 fully saturated rings. The van der Waals surface area contributed by atoms with Crippen molar-refractivity contribution in [3.8, 4) is 34.7 Å². The predicted molar refractivity (Wildman–Crippen MR) is 122 cm³/mol. The predicted octanol–water partition coefficient (Wildman–Crippen LogP) is 4.97. The fourth-order valence-corrected chi connectivity index (χ4v) is 3.54. The van der Waals surface area contributed by atoms with E-state index in [2.05, 4.69) is 16.2 Å². The molecule has 0 spiro atoms. The van der Waals surface area contributed by atoms with E-state index >= 15 is 0 Å². The van der Waals surface area contributed by atoms with Gasteiger partial charge in [0.2, 0.25) is 5.82 Å². The number of aromatic nitrogens is 3. The Kier molecular flexibility index (Phi) is 6.41. The van der Waals surface area contributed by atoms with Crippen LogP contribution in [0.3, 0.4) is 0 Å². The second-order valence-corrected chi connectivity index (χ2v) is 7.75. The monoisotopic (exact) mass is 444 g/mol. The maximum atomic E-state index is 11.7. The quantitative estimate of drug-likeness (QED) is 0.353. The van der Waals surface area contributed by atoms with E-state index < -0.39 is 0 Å². The van der Waals surface area contributed by atoms with Crippen molar-refractivity contribution < 1.29 is 18.8 Å². The number of carbonyl (C=O) groups excluding carboxylic acids is 1. The van der Waals surface area contributed by atoms with E-state index in [1.54, 1.807) is 25.1 Å². The highest BCUT2D eigenvalue weighted by Gasteiger charge is 2.15. The minimum absolute atomic E-state index is 0.0343. The first-order chi connectivity index (χ1) is 16.0. The van der Waals surface area contributed by atoms with Crippen LogP contribution in [0, 0.1) is 11.3 Å². The molecule has 0 unspecified atom stereocenters. The molecule has 8 nitrogen and oxygen atoms in total. The largest absolute Gasteiger partial charge is 0.490 e. The fraction of sp³-hybridized carbons (Fsp3) is 0.280. The van der Waals surface area contributed by atoms with Crippen molar-refractivity contribution in [2.75, 3.05) is 6.61 Å². The van der Waals surface area contributed by atoms with Crippen LogP contribution >= 0.6 is 0 Å². The van der Waals surface area contributed by atoms with E-state index in [1.807, 2.05) is 48.9 Å². The molecule has 0 atom stereocenters. The number of fused-ring (bicyclic) bond motifs is 1. The highest BCUT2D eigenvalue weighted by Crippen LogP contribution is 2.29. The summed E-state index contributed by atoms with van der Waals surface area (Å²) in [6.07, 6.45) is 2.23. The number of ether oxygens (including phenoxy) is 2. The molecule has 4 rings (SSSR count). The second-order valence-electron chi connectivity index (χ2n) is 7.75. The SMILES string of the molecule is CCOC(=O)CCn1ccc2cc(-c3noc(-c4ccc(OC(C)C)c(C#N)c4)n3)ccc21. The number of benzene rings is 2. The Morgan fingerprint density at radius 3 is 2.76 bits per heavy atom. The van der Waals surface area contributed by atoms with E-state index in [9.17, 15) is 10.1 Å². The van der Waals surface area contributed by atoms with Gasteiger partial charge in [0.05, 0.1) is 24.7 Å². The van der Waals surface area contributed by atoms with Gasteiger partial charge in [-0.1, -0.05) is 5.16 Å². The van der Waals surface area contributed by atoms with Crippen LogP contribution < -0.4 is 4.74 Å². The molecular formula is C25H24N4O4. The van der Waals surface area contributed by atoms with Crippen LogP contribution in [0.1, 0.15) is 32.8 Å². The highest BCUT2D eigenvalue weighted by molar-refractivity contribution is 5.85. The molecule has 4 aromatic rings. The van der Waals surface area contributed by atoms with Crippen LogP contribution in [0.2, 0.25) is 0 Å². The van der Waals surface area contributed by atoms with Crippen LogP contribution in [0.5, 0.6) is 5.75 Å². The lowest BCUT2D eigenvalue weighted by Crippen LogP contribution is -2.08. The van der Waals surface area contributed by atoms with E-state index in [1.165, 1.54) is 0 Å². The molecule has 168 valence electrons. The van der Waals surface area contributed by atoms with Crippen molar-refractivity contribution in [1.29, 1.82) is 5.26 Å². The molecule has 0 aliphatic carbocycles. The minimum Gasteiger partial charge on any atom is -0.490 e. The molecule has 2 aromatic heterocycles. The summed E-state index contributed by atoms with van der Waals surface area (Å²) in [5.41, 5.74) is 2.87. The summed E-state index contributed by atoms with van der Waals surface area (Å²) in [7, 11) is 0. The average molecular weight is 444 g/mol. The molecule has 0 radical (unpaired) electrons. The van der Waals surface area contributed by atoms with Gasteiger partial charge in [0.15, 0.2) is 0 Å². The van der Waals surface area contributed by atoms with Gasteiger partial charge in [0.25, 0.3) is 5.89 Å². The van der Waals surface area contributed by atoms with Gasteiger partial charge in [-0.25, -0.2) is 0 Å². The lowest BCUT2D eigenvalue weighted by molar-refractivity contribution is -0.143. The number of aryl methyl sites for hydroxylation is 1. The molecule has 33 heavy (non-hydrogen) atoms. The number of nitriles is 1. The summed E-state index contributed by atoms with van der Waals surface area (Å²) in [6.45, 7) is 6.54. The first-order valence-electron chi connectivity index (χ1n) is 10.8. The van der Waals surface area contributed by atoms with Gasteiger partial charge in [0.1, 0.15) is 11.8 Å². The van der Waals surface area contributed by atoms with Crippen LogP contribution in [-0.2, 0) is 16.1 Å². The molecule has 0 aliphatic heterocycles. The second kappa shape index (κ2) is 9.57. The summed E-state index contributed by atoms with van der Waals surface area (Å²) < 4.78 is 18.2. The summed E-state index contributed by atoms with van der Waals surface area (Å²) >= 11 is 0. The van der Waals surface area contributed by atoms with Gasteiger partial charge >= 0.3 is 5.97 Å². The first-order valence-corrected chi connectivity index (χ1v) is 10.8. The number of hydrogen-bond acceptors (Lipinski definition) is 7. The number of rotatable bonds is 8. The number of esters is 1. The molecule has 2 aromatic carbocycles. The summed E-state index contributed by atoms with van der Waals surface area (Å²) in [4.78, 5) is 16.2. The third-order valence-electron chi connectivity index (χ3n) is 5.03. The van der Waals surface area contributed by atoms with Gasteiger partial charge in [-0.15, -0.1) is 0 Å². The Morgan fingerprint density at radius 2 is 2.00 bits per heavy atom. The standard InChI is InChI=1S/C25H24N4O4/c1-4-31-23(30)10-12-29-11-9-17-13-18(5-7-21(17)29)24-27-25(33-28-24)19-6-8-22(32-16(2)3)20(14-19)15-26/h5-9,11,13-14,16H,4,10,12H2,1-3H3. The first kappa shape index (κ1) is 22.1. The van der Waals surface area contributed by atoms with Crippen molar-refractivity contribution in [2.45, 2.75) is 39.8 Å². The zero-order valence-electron chi connectivity index (χ0n) is 18.7. The van der Waals surface area contributed by atoms with Crippen molar-refractivity contribution >= 4 is 16.9 Å². The normalized spacial score (nSPS) is 11.0. The summed E-state index contributed by atoms with van der Waals surface area (Å²) in [5, 5.41) is 14.6. The zero-order chi connectivity index (χ0) is 23.4. The highest BCUT2D eigenvalue weighted by atomic mass is 16.5. The third-order valence-corrected chi connectivity index (χ3v) is 5.03. The molecule has 0 N–H and O–H groups in total. The van der Waals surface area contributed by atoms with Gasteiger partial charge < -0.3 is 18.6 Å². The maximum absolute atomic E-state index is 11.7. The topological polar surface area (TPSA) is 103 Å². The summed E-state index contributed by atoms with van der Waals surface area (Å²) in [6, 6.07) is 15.2. The van der Waals surface area contributed by atoms with E-state index in [0.717, 1.165) is 16.5 Å². The molecule has 0 saturated carbocycles. The van der Waals surface area contributed by atoms with Gasteiger partial charge in [-0.2, -0.15) is 10.2 Å². The van der Waals surface area contributed by atoms with Crippen molar-refractivity contribution in [1.82, 2.24) is 14.7 Å². The van der Waals surface area contributed by atoms with Crippen molar-refractivity contribution in [3.63, 3.8) is 0 Å². The molecule has 2 heterocycles. The van der Waals surface area contributed by atoms with E-state index in [4.69, 9.17) is 14.0 Å². The fourth-order valence-electron chi connectivity index (χ4n) is 3.54. The maximum Gasteiger partial charge on any atom is 0.307 e. The Hall–Kier alpha value is -4.12. The van der Waals surface area contributed by atoms with Crippen LogP contribution in [0.4, 0.5) is 0 Å². The molecular weight excluding hydrogens is 420 g/mol. The Bertz CT molecular complexity index is 1330. The lowest BCUT2D eigenvalue weighted by atomic mass is 10.1. The smallest absolute Gasteiger partial charge is 0.307 e. The molecule has 0 amide bonds. The van der Waals surface area contributed by atoms with Gasteiger partial charge in [0, 0.05) is 34.8 Å². The molecule has 0 aliphatic rings. The number of carbonyl (C=O) groups is 1. The molecule has 0 saturated heterocycles. The number of nitrogens with zero attached hydrogens (tertiary/aromatic N) is 4. The van der Waals surface area contributed by atoms with E-state index in [-0.39, 0.29) is 12.1 Å². The van der Waals surface area contributed by atoms with Crippen molar-refractivity contribution in [3.05, 3.63) is 54.2 Å². The molecule has 0 bridgehead atoms. The lowest BCUT2D eigenvalue weighted by Gasteiger charge is -2.11. The Morgan fingerprint density at radius 1 is 1.18 bits per heavy atom. The average Bonchev–Trinajstić information content (AvgIpc) is 3.45. The third kappa shape index (κ3) is 4.88. The zero-order valence-corrected chi connectivity index (χ0v) is 18.7. The van der Waals surface area contributed by atoms with Crippen LogP contribution in [0.25, 0.3) is 33.7 Å². The summed E-state index contributed by atoms with van der Waals surface area (Å²) in [5.74, 6) is 1.09.